The maximum atomic E-state index is 12.4. The third-order valence-electron chi connectivity index (χ3n) is 4.39. The molecule has 2 aliphatic carbocycles. The molecular weight excluding hydrogens is 256 g/mol. The molecule has 2 aliphatic rings. The van der Waals surface area contributed by atoms with Gasteiger partial charge in [-0.1, -0.05) is 72.8 Å². The molecule has 102 valence electrons. The van der Waals surface area contributed by atoms with Gasteiger partial charge in [0.25, 0.3) is 0 Å². The van der Waals surface area contributed by atoms with Crippen molar-refractivity contribution in [3.8, 4) is 0 Å². The molecule has 0 heterocycles. The molecule has 0 saturated heterocycles. The molecule has 1 heteroatoms. The molecule has 1 nitrogen and oxygen atoms in total. The molecule has 2 aromatic rings. The number of fused-ring (bicyclic) bond motifs is 1. The smallest absolute Gasteiger partial charge is 0.193 e. The first-order valence-corrected chi connectivity index (χ1v) is 7.41. The van der Waals surface area contributed by atoms with Crippen LogP contribution in [-0.4, -0.2) is 5.78 Å². The van der Waals surface area contributed by atoms with E-state index in [1.54, 1.807) is 0 Å². The number of carbonyl (C=O) groups is 1. The number of allylic oxidation sites excluding steroid dienone is 4. The van der Waals surface area contributed by atoms with E-state index in [4.69, 9.17) is 0 Å². The zero-order valence-corrected chi connectivity index (χ0v) is 11.7. The van der Waals surface area contributed by atoms with Crippen LogP contribution < -0.4 is 0 Å². The summed E-state index contributed by atoms with van der Waals surface area (Å²) in [6.07, 6.45) is 7.93. The van der Waals surface area contributed by atoms with Crippen LogP contribution in [0.5, 0.6) is 0 Å². The van der Waals surface area contributed by atoms with Crippen LogP contribution in [-0.2, 0) is 0 Å². The average Bonchev–Trinajstić information content (AvgIpc) is 3.35. The molecule has 21 heavy (non-hydrogen) atoms. The summed E-state index contributed by atoms with van der Waals surface area (Å²) >= 11 is 0. The van der Waals surface area contributed by atoms with Crippen molar-refractivity contribution in [3.05, 3.63) is 89.5 Å². The second-order valence-corrected chi connectivity index (χ2v) is 5.79. The predicted molar refractivity (Wildman–Crippen MR) is 85.0 cm³/mol. The third kappa shape index (κ3) is 2.25. The van der Waals surface area contributed by atoms with E-state index in [1.807, 2.05) is 42.5 Å². The molecule has 2 aromatic carbocycles. The van der Waals surface area contributed by atoms with E-state index in [0.717, 1.165) is 17.0 Å². The van der Waals surface area contributed by atoms with Crippen molar-refractivity contribution in [2.45, 2.75) is 6.42 Å². The summed E-state index contributed by atoms with van der Waals surface area (Å²) in [5.41, 5.74) is 4.16. The summed E-state index contributed by atoms with van der Waals surface area (Å²) in [6, 6.07) is 17.5. The topological polar surface area (TPSA) is 17.1 Å². The predicted octanol–water partition coefficient (Wildman–Crippen LogP) is 4.51. The van der Waals surface area contributed by atoms with Crippen molar-refractivity contribution in [1.29, 1.82) is 0 Å². The Balaban J connectivity index is 1.61. The minimum absolute atomic E-state index is 0.0870. The summed E-state index contributed by atoms with van der Waals surface area (Å²) in [5.74, 6) is 1.53. The molecule has 0 spiro atoms. The van der Waals surface area contributed by atoms with Crippen LogP contribution in [0.15, 0.2) is 72.8 Å². The van der Waals surface area contributed by atoms with Crippen LogP contribution in [0.1, 0.15) is 27.9 Å². The standard InChI is InChI=1S/C20H16O/c21-20(15-5-2-1-3-6-15)16-11-9-14(10-12-16)18-8-4-7-17-13-19(17)18/h1-12,17,19H,13H2. The summed E-state index contributed by atoms with van der Waals surface area (Å²) in [7, 11) is 0. The highest BCUT2D eigenvalue weighted by Gasteiger charge is 2.39. The Bertz CT molecular complexity index is 735. The number of benzene rings is 2. The van der Waals surface area contributed by atoms with Gasteiger partial charge in [0, 0.05) is 11.1 Å². The first-order valence-electron chi connectivity index (χ1n) is 7.41. The number of rotatable bonds is 3. The largest absolute Gasteiger partial charge is 0.289 e. The van der Waals surface area contributed by atoms with E-state index in [9.17, 15) is 4.79 Å². The van der Waals surface area contributed by atoms with Gasteiger partial charge in [0.15, 0.2) is 5.78 Å². The van der Waals surface area contributed by atoms with Gasteiger partial charge >= 0.3 is 0 Å². The van der Waals surface area contributed by atoms with Gasteiger partial charge in [-0.2, -0.15) is 0 Å². The lowest BCUT2D eigenvalue weighted by atomic mass is 9.94. The van der Waals surface area contributed by atoms with E-state index in [2.05, 4.69) is 30.4 Å². The van der Waals surface area contributed by atoms with Crippen molar-refractivity contribution in [1.82, 2.24) is 0 Å². The lowest BCUT2D eigenvalue weighted by molar-refractivity contribution is 0.103. The second-order valence-electron chi connectivity index (χ2n) is 5.79. The maximum absolute atomic E-state index is 12.4. The molecule has 0 bridgehead atoms. The van der Waals surface area contributed by atoms with Crippen LogP contribution in [0.2, 0.25) is 0 Å². The van der Waals surface area contributed by atoms with Gasteiger partial charge in [0.2, 0.25) is 0 Å². The molecule has 0 amide bonds. The van der Waals surface area contributed by atoms with Crippen molar-refractivity contribution < 1.29 is 4.79 Å². The van der Waals surface area contributed by atoms with Crippen molar-refractivity contribution in [2.75, 3.05) is 0 Å². The molecule has 0 radical (unpaired) electrons. The molecule has 1 fully saturated rings. The van der Waals surface area contributed by atoms with Crippen LogP contribution in [0.3, 0.4) is 0 Å². The van der Waals surface area contributed by atoms with Gasteiger partial charge < -0.3 is 0 Å². The van der Waals surface area contributed by atoms with Crippen LogP contribution in [0.25, 0.3) is 5.57 Å². The Morgan fingerprint density at radius 3 is 2.38 bits per heavy atom. The highest BCUT2D eigenvalue weighted by atomic mass is 16.1. The Morgan fingerprint density at radius 1 is 0.905 bits per heavy atom. The van der Waals surface area contributed by atoms with Crippen LogP contribution >= 0.6 is 0 Å². The first-order chi connectivity index (χ1) is 10.3. The lowest BCUT2D eigenvalue weighted by Crippen LogP contribution is -2.01. The number of ketones is 1. The van der Waals surface area contributed by atoms with Crippen molar-refractivity contribution in [3.63, 3.8) is 0 Å². The van der Waals surface area contributed by atoms with Gasteiger partial charge in [-0.25, -0.2) is 0 Å². The highest BCUT2D eigenvalue weighted by molar-refractivity contribution is 6.09. The van der Waals surface area contributed by atoms with E-state index < -0.39 is 0 Å². The third-order valence-corrected chi connectivity index (χ3v) is 4.39. The van der Waals surface area contributed by atoms with Gasteiger partial charge in [-0.05, 0) is 29.4 Å². The molecule has 0 aliphatic heterocycles. The zero-order chi connectivity index (χ0) is 14.2. The summed E-state index contributed by atoms with van der Waals surface area (Å²) in [6.45, 7) is 0. The molecule has 0 N–H and O–H groups in total. The van der Waals surface area contributed by atoms with Gasteiger partial charge in [-0.15, -0.1) is 0 Å². The normalized spacial score (nSPS) is 22.4. The molecule has 1 saturated carbocycles. The molecule has 2 unspecified atom stereocenters. The van der Waals surface area contributed by atoms with Crippen molar-refractivity contribution in [2.24, 2.45) is 11.8 Å². The Labute approximate surface area is 124 Å². The average molecular weight is 272 g/mol. The van der Waals surface area contributed by atoms with E-state index >= 15 is 0 Å². The van der Waals surface area contributed by atoms with Gasteiger partial charge in [0.1, 0.15) is 0 Å². The Morgan fingerprint density at radius 2 is 1.62 bits per heavy atom. The lowest BCUT2D eigenvalue weighted by Gasteiger charge is -2.10. The van der Waals surface area contributed by atoms with Crippen LogP contribution in [0, 0.1) is 11.8 Å². The number of carbonyl (C=O) groups excluding carboxylic acids is 1. The maximum Gasteiger partial charge on any atom is 0.193 e. The fourth-order valence-corrected chi connectivity index (χ4v) is 3.09. The second kappa shape index (κ2) is 4.85. The fraction of sp³-hybridized carbons (Fsp3) is 0.150. The summed E-state index contributed by atoms with van der Waals surface area (Å²) in [5, 5.41) is 0. The minimum atomic E-state index is 0.0870. The van der Waals surface area contributed by atoms with Crippen molar-refractivity contribution >= 4 is 11.4 Å². The first kappa shape index (κ1) is 12.3. The minimum Gasteiger partial charge on any atom is -0.289 e. The number of hydrogen-bond donors (Lipinski definition) is 0. The SMILES string of the molecule is O=C(c1ccccc1)c1ccc(C2=CC=CC3CC23)cc1. The van der Waals surface area contributed by atoms with Crippen LogP contribution in [0.4, 0.5) is 0 Å². The molecule has 4 rings (SSSR count). The molecule has 2 atom stereocenters. The quantitative estimate of drug-likeness (QED) is 0.751. The summed E-state index contributed by atoms with van der Waals surface area (Å²) in [4.78, 5) is 12.4. The van der Waals surface area contributed by atoms with E-state index in [1.165, 1.54) is 17.6 Å². The van der Waals surface area contributed by atoms with Gasteiger partial charge in [-0.3, -0.25) is 4.79 Å². The van der Waals surface area contributed by atoms with E-state index in [0.29, 0.717) is 5.92 Å². The Hall–Kier alpha value is -2.41. The summed E-state index contributed by atoms with van der Waals surface area (Å²) < 4.78 is 0. The molecular formula is C20H16O. The molecule has 0 aromatic heterocycles. The fourth-order valence-electron chi connectivity index (χ4n) is 3.09. The highest BCUT2D eigenvalue weighted by Crippen LogP contribution is 2.50. The zero-order valence-electron chi connectivity index (χ0n) is 11.7. The number of hydrogen-bond acceptors (Lipinski definition) is 1. The monoisotopic (exact) mass is 272 g/mol. The van der Waals surface area contributed by atoms with Gasteiger partial charge in [0.05, 0.1) is 0 Å². The Kier molecular flexibility index (Phi) is 2.85. The van der Waals surface area contributed by atoms with E-state index in [-0.39, 0.29) is 5.78 Å².